The van der Waals surface area contributed by atoms with Crippen LogP contribution in [0.2, 0.25) is 0 Å². The van der Waals surface area contributed by atoms with Gasteiger partial charge in [-0.15, -0.1) is 0 Å². The van der Waals surface area contributed by atoms with Crippen molar-refractivity contribution in [1.29, 1.82) is 0 Å². The van der Waals surface area contributed by atoms with Gasteiger partial charge in [0.25, 0.3) is 0 Å². The van der Waals surface area contributed by atoms with Gasteiger partial charge in [-0.25, -0.2) is 12.8 Å². The van der Waals surface area contributed by atoms with E-state index in [2.05, 4.69) is 0 Å². The van der Waals surface area contributed by atoms with Crippen molar-refractivity contribution in [2.75, 3.05) is 23.1 Å². The fraction of sp³-hybridized carbons (Fsp3) is 0.286. The van der Waals surface area contributed by atoms with Gasteiger partial charge in [-0.2, -0.15) is 0 Å². The Kier molecular flexibility index (Phi) is 6.14. The Morgan fingerprint density at radius 2 is 1.96 bits per heavy atom. The summed E-state index contributed by atoms with van der Waals surface area (Å²) in [6.45, 7) is 3.21. The molecule has 1 amide bonds. The van der Waals surface area contributed by atoms with Crippen LogP contribution in [0.4, 0.5) is 10.1 Å². The van der Waals surface area contributed by atoms with Crippen LogP contribution in [0.1, 0.15) is 24.5 Å². The average molecular weight is 402 g/mol. The number of hydrogen-bond acceptors (Lipinski definition) is 3. The SMILES string of the molecule is CCN(Cc1cccc(F)c1)C(=O)/C=C/c1ccc(N2CCCS2(=O)=O)cc1. The number of halogens is 1. The Morgan fingerprint density at radius 3 is 2.57 bits per heavy atom. The summed E-state index contributed by atoms with van der Waals surface area (Å²) < 4.78 is 38.7. The summed E-state index contributed by atoms with van der Waals surface area (Å²) in [6.07, 6.45) is 3.81. The van der Waals surface area contributed by atoms with Crippen molar-refractivity contribution in [2.24, 2.45) is 0 Å². The molecule has 2 aromatic carbocycles. The van der Waals surface area contributed by atoms with Crippen molar-refractivity contribution in [3.05, 3.63) is 71.6 Å². The molecule has 2 aromatic rings. The van der Waals surface area contributed by atoms with Crippen molar-refractivity contribution in [3.8, 4) is 0 Å². The molecule has 1 fully saturated rings. The third kappa shape index (κ3) is 4.78. The van der Waals surface area contributed by atoms with Crippen LogP contribution in [-0.2, 0) is 21.4 Å². The number of amides is 1. The van der Waals surface area contributed by atoms with Crippen molar-refractivity contribution < 1.29 is 17.6 Å². The predicted molar refractivity (Wildman–Crippen MR) is 109 cm³/mol. The van der Waals surface area contributed by atoms with Gasteiger partial charge in [0, 0.05) is 25.7 Å². The second-order valence-corrected chi connectivity index (χ2v) is 8.66. The normalized spacial score (nSPS) is 15.9. The summed E-state index contributed by atoms with van der Waals surface area (Å²) in [5.41, 5.74) is 2.18. The Labute approximate surface area is 165 Å². The zero-order valence-corrected chi connectivity index (χ0v) is 16.5. The second kappa shape index (κ2) is 8.56. The monoisotopic (exact) mass is 402 g/mol. The number of carbonyl (C=O) groups is 1. The smallest absolute Gasteiger partial charge is 0.246 e. The molecule has 0 aromatic heterocycles. The molecule has 28 heavy (non-hydrogen) atoms. The van der Waals surface area contributed by atoms with Gasteiger partial charge in [0.05, 0.1) is 11.4 Å². The number of benzene rings is 2. The molecule has 1 heterocycles. The summed E-state index contributed by atoms with van der Waals surface area (Å²) in [6, 6.07) is 13.3. The molecule has 0 N–H and O–H groups in total. The maximum Gasteiger partial charge on any atom is 0.246 e. The molecule has 0 spiro atoms. The number of rotatable bonds is 6. The maximum atomic E-state index is 13.3. The summed E-state index contributed by atoms with van der Waals surface area (Å²) in [5, 5.41) is 0. The van der Waals surface area contributed by atoms with E-state index in [4.69, 9.17) is 0 Å². The molecular formula is C21H23FN2O3S. The molecule has 148 valence electrons. The summed E-state index contributed by atoms with van der Waals surface area (Å²) in [5.74, 6) is -0.309. The number of sulfonamides is 1. The highest BCUT2D eigenvalue weighted by Crippen LogP contribution is 2.24. The van der Waals surface area contributed by atoms with Crippen molar-refractivity contribution in [2.45, 2.75) is 19.9 Å². The summed E-state index contributed by atoms with van der Waals surface area (Å²) in [4.78, 5) is 14.1. The number of nitrogens with zero attached hydrogens (tertiary/aromatic N) is 2. The molecule has 5 nitrogen and oxygen atoms in total. The van der Waals surface area contributed by atoms with Gasteiger partial charge in [0.1, 0.15) is 5.82 Å². The molecule has 0 radical (unpaired) electrons. The molecule has 1 aliphatic rings. The van der Waals surface area contributed by atoms with E-state index in [1.165, 1.54) is 22.5 Å². The molecular weight excluding hydrogens is 379 g/mol. The third-order valence-corrected chi connectivity index (χ3v) is 6.52. The van der Waals surface area contributed by atoms with Crippen molar-refractivity contribution >= 4 is 27.7 Å². The molecule has 0 aliphatic carbocycles. The average Bonchev–Trinajstić information content (AvgIpc) is 3.03. The minimum absolute atomic E-state index is 0.169. The Morgan fingerprint density at radius 1 is 1.21 bits per heavy atom. The quantitative estimate of drug-likeness (QED) is 0.696. The third-order valence-electron chi connectivity index (χ3n) is 4.65. The van der Waals surface area contributed by atoms with Gasteiger partial charge in [0.15, 0.2) is 0 Å². The van der Waals surface area contributed by atoms with Crippen LogP contribution in [0, 0.1) is 5.82 Å². The topological polar surface area (TPSA) is 57.7 Å². The molecule has 0 atom stereocenters. The number of carbonyl (C=O) groups excluding carboxylic acids is 1. The van der Waals surface area contributed by atoms with Gasteiger partial charge in [-0.3, -0.25) is 9.10 Å². The van der Waals surface area contributed by atoms with E-state index in [9.17, 15) is 17.6 Å². The van der Waals surface area contributed by atoms with E-state index in [1.54, 1.807) is 47.4 Å². The minimum atomic E-state index is -3.20. The fourth-order valence-electron chi connectivity index (χ4n) is 3.16. The minimum Gasteiger partial charge on any atom is -0.335 e. The Balaban J connectivity index is 1.65. The van der Waals surface area contributed by atoms with E-state index >= 15 is 0 Å². The summed E-state index contributed by atoms with van der Waals surface area (Å²) >= 11 is 0. The molecule has 1 saturated heterocycles. The molecule has 3 rings (SSSR count). The second-order valence-electron chi connectivity index (χ2n) is 6.65. The first-order valence-electron chi connectivity index (χ1n) is 9.21. The highest BCUT2D eigenvalue weighted by atomic mass is 32.2. The zero-order chi connectivity index (χ0) is 20.1. The lowest BCUT2D eigenvalue weighted by molar-refractivity contribution is -0.126. The van der Waals surface area contributed by atoms with Crippen LogP contribution in [0.3, 0.4) is 0 Å². The standard InChI is InChI=1S/C21H23FN2O3S/c1-2-23(16-18-5-3-6-19(22)15-18)21(25)12-9-17-7-10-20(11-8-17)24-13-4-14-28(24,26)27/h3,5-12,15H,2,4,13-14,16H2,1H3/b12-9+. The van der Waals surface area contributed by atoms with Crippen LogP contribution >= 0.6 is 0 Å². The van der Waals surface area contributed by atoms with Crippen molar-refractivity contribution in [3.63, 3.8) is 0 Å². The molecule has 0 unspecified atom stereocenters. The van der Waals surface area contributed by atoms with E-state index in [-0.39, 0.29) is 17.5 Å². The van der Waals surface area contributed by atoms with E-state index in [1.807, 2.05) is 6.92 Å². The van der Waals surface area contributed by atoms with Crippen LogP contribution < -0.4 is 4.31 Å². The molecule has 1 aliphatic heterocycles. The molecule has 0 saturated carbocycles. The van der Waals surface area contributed by atoms with Gasteiger partial charge in [0.2, 0.25) is 15.9 Å². The maximum absolute atomic E-state index is 13.3. The van der Waals surface area contributed by atoms with Crippen LogP contribution in [0.15, 0.2) is 54.6 Å². The van der Waals surface area contributed by atoms with Crippen LogP contribution in [-0.4, -0.2) is 38.1 Å². The van der Waals surface area contributed by atoms with E-state index in [0.717, 1.165) is 11.1 Å². The Bertz CT molecular complexity index is 971. The first-order chi connectivity index (χ1) is 13.4. The zero-order valence-electron chi connectivity index (χ0n) is 15.7. The first-order valence-corrected chi connectivity index (χ1v) is 10.8. The van der Waals surface area contributed by atoms with Crippen LogP contribution in [0.5, 0.6) is 0 Å². The number of anilines is 1. The predicted octanol–water partition coefficient (Wildman–Crippen LogP) is 3.43. The van der Waals surface area contributed by atoms with Crippen molar-refractivity contribution in [1.82, 2.24) is 4.90 Å². The lowest BCUT2D eigenvalue weighted by atomic mass is 10.1. The highest BCUT2D eigenvalue weighted by molar-refractivity contribution is 7.93. The van der Waals surface area contributed by atoms with Gasteiger partial charge in [-0.05, 0) is 54.8 Å². The molecule has 0 bridgehead atoms. The fourth-order valence-corrected chi connectivity index (χ4v) is 4.72. The highest BCUT2D eigenvalue weighted by Gasteiger charge is 2.28. The van der Waals surface area contributed by atoms with Gasteiger partial charge >= 0.3 is 0 Å². The first kappa shape index (κ1) is 20.1. The largest absolute Gasteiger partial charge is 0.335 e. The van der Waals surface area contributed by atoms with Gasteiger partial charge in [-0.1, -0.05) is 24.3 Å². The number of hydrogen-bond donors (Lipinski definition) is 0. The lowest BCUT2D eigenvalue weighted by Crippen LogP contribution is -2.28. The lowest BCUT2D eigenvalue weighted by Gasteiger charge is -2.19. The molecule has 7 heteroatoms. The van der Waals surface area contributed by atoms with Gasteiger partial charge < -0.3 is 4.90 Å². The van der Waals surface area contributed by atoms with Crippen LogP contribution in [0.25, 0.3) is 6.08 Å². The van der Waals surface area contributed by atoms with E-state index < -0.39 is 10.0 Å². The number of likely N-dealkylation sites (N-methyl/N-ethyl adjacent to an activating group) is 1. The Hall–Kier alpha value is -2.67. The van der Waals surface area contributed by atoms with E-state index in [0.29, 0.717) is 31.7 Å². The summed E-state index contributed by atoms with van der Waals surface area (Å²) in [7, 11) is -3.20.